The number of hydrogen-bond acceptors (Lipinski definition) is 2. The zero-order chi connectivity index (χ0) is 13.0. The number of hydrogen-bond donors (Lipinski definition) is 1. The van der Waals surface area contributed by atoms with Crippen LogP contribution in [0, 0.1) is 11.6 Å². The lowest BCUT2D eigenvalue weighted by Gasteiger charge is -2.35. The molecule has 0 radical (unpaired) electrons. The molecule has 1 N–H and O–H groups in total. The predicted molar refractivity (Wildman–Crippen MR) is 66.1 cm³/mol. The van der Waals surface area contributed by atoms with Gasteiger partial charge in [0.25, 0.3) is 0 Å². The summed E-state index contributed by atoms with van der Waals surface area (Å²) in [5.41, 5.74) is 0.141. The van der Waals surface area contributed by atoms with Crippen LogP contribution < -0.4 is 0 Å². The van der Waals surface area contributed by atoms with Gasteiger partial charge in [0, 0.05) is 24.8 Å². The molecule has 0 amide bonds. The first-order valence-electron chi connectivity index (χ1n) is 6.50. The minimum atomic E-state index is -0.483. The molecule has 0 aliphatic carbocycles. The molecule has 1 unspecified atom stereocenters. The number of piperidine rings is 1. The molecule has 1 atom stereocenters. The molecular weight excluding hydrogens is 236 g/mol. The highest BCUT2D eigenvalue weighted by Crippen LogP contribution is 2.23. The number of likely N-dealkylation sites (tertiary alicyclic amines) is 1. The molecule has 18 heavy (non-hydrogen) atoms. The summed E-state index contributed by atoms with van der Waals surface area (Å²) < 4.78 is 27.2. The first kappa shape index (κ1) is 13.4. The van der Waals surface area contributed by atoms with Crippen LogP contribution in [0.1, 0.15) is 31.2 Å². The smallest absolute Gasteiger partial charge is 0.130 e. The zero-order valence-corrected chi connectivity index (χ0v) is 10.4. The maximum absolute atomic E-state index is 13.6. The van der Waals surface area contributed by atoms with Crippen molar-refractivity contribution in [3.8, 4) is 0 Å². The quantitative estimate of drug-likeness (QED) is 0.894. The van der Waals surface area contributed by atoms with Crippen molar-refractivity contribution in [1.82, 2.24) is 4.90 Å². The molecule has 1 aliphatic rings. The summed E-state index contributed by atoms with van der Waals surface area (Å²) >= 11 is 0. The van der Waals surface area contributed by atoms with Crippen molar-refractivity contribution in [3.63, 3.8) is 0 Å². The second-order valence-electron chi connectivity index (χ2n) is 4.83. The Labute approximate surface area is 106 Å². The molecule has 1 aromatic rings. The Balaban J connectivity index is 2.11. The van der Waals surface area contributed by atoms with Gasteiger partial charge in [0.1, 0.15) is 11.6 Å². The van der Waals surface area contributed by atoms with Gasteiger partial charge in [0.2, 0.25) is 0 Å². The number of nitrogens with zero attached hydrogens (tertiary/aromatic N) is 1. The van der Waals surface area contributed by atoms with Crippen LogP contribution in [0.25, 0.3) is 0 Å². The molecule has 0 saturated carbocycles. The van der Waals surface area contributed by atoms with Gasteiger partial charge < -0.3 is 5.11 Å². The van der Waals surface area contributed by atoms with Gasteiger partial charge in [-0.25, -0.2) is 8.78 Å². The third kappa shape index (κ3) is 3.06. The first-order valence-corrected chi connectivity index (χ1v) is 6.50. The Morgan fingerprint density at radius 1 is 1.22 bits per heavy atom. The fourth-order valence-electron chi connectivity index (χ4n) is 2.63. The van der Waals surface area contributed by atoms with Crippen LogP contribution in [-0.2, 0) is 6.54 Å². The highest BCUT2D eigenvalue weighted by Gasteiger charge is 2.23. The van der Waals surface area contributed by atoms with E-state index in [2.05, 4.69) is 4.90 Å². The highest BCUT2D eigenvalue weighted by atomic mass is 19.1. The number of aliphatic hydroxyl groups is 1. The Bertz CT molecular complexity index is 375. The van der Waals surface area contributed by atoms with E-state index in [9.17, 15) is 8.78 Å². The molecule has 1 heterocycles. The van der Waals surface area contributed by atoms with Crippen molar-refractivity contribution < 1.29 is 13.9 Å². The van der Waals surface area contributed by atoms with Gasteiger partial charge in [-0.3, -0.25) is 4.90 Å². The van der Waals surface area contributed by atoms with E-state index in [0.29, 0.717) is 13.0 Å². The van der Waals surface area contributed by atoms with E-state index in [0.717, 1.165) is 25.8 Å². The van der Waals surface area contributed by atoms with Crippen LogP contribution in [0.15, 0.2) is 18.2 Å². The lowest BCUT2D eigenvalue weighted by atomic mass is 9.98. The molecule has 1 saturated heterocycles. The Hall–Kier alpha value is -1.00. The summed E-state index contributed by atoms with van der Waals surface area (Å²) in [6.07, 6.45) is 3.85. The maximum atomic E-state index is 13.6. The summed E-state index contributed by atoms with van der Waals surface area (Å²) in [6.45, 7) is 1.27. The molecule has 0 spiro atoms. The third-order valence-electron chi connectivity index (χ3n) is 3.63. The standard InChI is InChI=1S/C14H19F2NO/c15-13-5-3-6-14(16)12(13)10-17-8-2-1-4-11(17)7-9-18/h3,5-6,11,18H,1-2,4,7-10H2. The fraction of sp³-hybridized carbons (Fsp3) is 0.571. The summed E-state index contributed by atoms with van der Waals surface area (Å²) in [4.78, 5) is 2.08. The van der Waals surface area contributed by atoms with Crippen LogP contribution in [0.4, 0.5) is 8.78 Å². The van der Waals surface area contributed by atoms with E-state index in [4.69, 9.17) is 5.11 Å². The third-order valence-corrected chi connectivity index (χ3v) is 3.63. The van der Waals surface area contributed by atoms with Crippen molar-refractivity contribution in [2.75, 3.05) is 13.2 Å². The van der Waals surface area contributed by atoms with Crippen LogP contribution in [0.5, 0.6) is 0 Å². The van der Waals surface area contributed by atoms with Crippen LogP contribution >= 0.6 is 0 Å². The predicted octanol–water partition coefficient (Wildman–Crippen LogP) is 2.70. The van der Waals surface area contributed by atoms with Crippen molar-refractivity contribution in [2.45, 2.75) is 38.3 Å². The van der Waals surface area contributed by atoms with Crippen LogP contribution in [0.2, 0.25) is 0 Å². The molecule has 0 bridgehead atoms. The van der Waals surface area contributed by atoms with E-state index in [1.807, 2.05) is 0 Å². The molecule has 0 aromatic heterocycles. The Morgan fingerprint density at radius 2 is 1.94 bits per heavy atom. The molecule has 2 rings (SSSR count). The Kier molecular flexibility index (Phi) is 4.66. The van der Waals surface area contributed by atoms with E-state index in [1.54, 1.807) is 0 Å². The minimum Gasteiger partial charge on any atom is -0.396 e. The van der Waals surface area contributed by atoms with Gasteiger partial charge in [-0.05, 0) is 37.9 Å². The molecule has 4 heteroatoms. The van der Waals surface area contributed by atoms with Gasteiger partial charge in [-0.15, -0.1) is 0 Å². The Morgan fingerprint density at radius 3 is 2.61 bits per heavy atom. The van der Waals surface area contributed by atoms with E-state index < -0.39 is 11.6 Å². The number of aliphatic hydroxyl groups excluding tert-OH is 1. The van der Waals surface area contributed by atoms with Gasteiger partial charge in [-0.2, -0.15) is 0 Å². The van der Waals surface area contributed by atoms with Gasteiger partial charge in [-0.1, -0.05) is 12.5 Å². The summed E-state index contributed by atoms with van der Waals surface area (Å²) in [5, 5.41) is 9.04. The van der Waals surface area contributed by atoms with Crippen LogP contribution in [0.3, 0.4) is 0 Å². The maximum Gasteiger partial charge on any atom is 0.130 e. The van der Waals surface area contributed by atoms with E-state index in [1.165, 1.54) is 18.2 Å². The van der Waals surface area contributed by atoms with Gasteiger partial charge >= 0.3 is 0 Å². The van der Waals surface area contributed by atoms with Crippen LogP contribution in [-0.4, -0.2) is 29.2 Å². The van der Waals surface area contributed by atoms with Gasteiger partial charge in [0.15, 0.2) is 0 Å². The molecule has 1 aliphatic heterocycles. The fourth-order valence-corrected chi connectivity index (χ4v) is 2.63. The average Bonchev–Trinajstić information content (AvgIpc) is 2.36. The second kappa shape index (κ2) is 6.25. The summed E-state index contributed by atoms with van der Waals surface area (Å²) in [5.74, 6) is -0.966. The highest BCUT2D eigenvalue weighted by molar-refractivity contribution is 5.19. The van der Waals surface area contributed by atoms with E-state index in [-0.39, 0.29) is 18.2 Å². The first-order chi connectivity index (χ1) is 8.72. The monoisotopic (exact) mass is 255 g/mol. The van der Waals surface area contributed by atoms with Crippen molar-refractivity contribution in [1.29, 1.82) is 0 Å². The number of benzene rings is 1. The normalized spacial score (nSPS) is 21.2. The molecule has 2 nitrogen and oxygen atoms in total. The SMILES string of the molecule is OCCC1CCCCN1Cc1c(F)cccc1F. The summed E-state index contributed by atoms with van der Waals surface area (Å²) in [6, 6.07) is 4.21. The average molecular weight is 255 g/mol. The van der Waals surface area contributed by atoms with E-state index >= 15 is 0 Å². The van der Waals surface area contributed by atoms with Crippen molar-refractivity contribution >= 4 is 0 Å². The lowest BCUT2D eigenvalue weighted by molar-refractivity contribution is 0.110. The lowest BCUT2D eigenvalue weighted by Crippen LogP contribution is -2.39. The molecule has 100 valence electrons. The van der Waals surface area contributed by atoms with Crippen molar-refractivity contribution in [2.24, 2.45) is 0 Å². The molecule has 1 fully saturated rings. The van der Waals surface area contributed by atoms with Gasteiger partial charge in [0.05, 0.1) is 0 Å². The molecular formula is C14H19F2NO. The molecule has 1 aromatic carbocycles. The number of rotatable bonds is 4. The number of halogens is 2. The largest absolute Gasteiger partial charge is 0.396 e. The topological polar surface area (TPSA) is 23.5 Å². The summed E-state index contributed by atoms with van der Waals surface area (Å²) in [7, 11) is 0. The second-order valence-corrected chi connectivity index (χ2v) is 4.83. The minimum absolute atomic E-state index is 0.126. The zero-order valence-electron chi connectivity index (χ0n) is 10.4. The van der Waals surface area contributed by atoms with Crippen molar-refractivity contribution in [3.05, 3.63) is 35.4 Å².